The van der Waals surface area contributed by atoms with Crippen molar-refractivity contribution in [2.75, 3.05) is 26.2 Å². The summed E-state index contributed by atoms with van der Waals surface area (Å²) in [5, 5.41) is 12.4. The first-order valence-electron chi connectivity index (χ1n) is 12.0. The molecule has 1 saturated heterocycles. The normalized spacial score (nSPS) is 17.3. The number of aliphatic imine (C=N–C) groups is 1. The first-order chi connectivity index (χ1) is 15.3. The summed E-state index contributed by atoms with van der Waals surface area (Å²) in [6.45, 7) is 7.01. The van der Waals surface area contributed by atoms with Crippen LogP contribution in [-0.4, -0.2) is 51.8 Å². The highest BCUT2D eigenvalue weighted by atomic mass is 15.3. The topological polar surface area (TPSA) is 58.3 Å². The molecule has 1 N–H and O–H groups in total. The van der Waals surface area contributed by atoms with Crippen LogP contribution >= 0.6 is 0 Å². The number of likely N-dealkylation sites (tertiary alicyclic amines) is 1. The average Bonchev–Trinajstić information content (AvgIpc) is 3.03. The van der Waals surface area contributed by atoms with Crippen LogP contribution in [0.15, 0.2) is 40.9 Å². The summed E-state index contributed by atoms with van der Waals surface area (Å²) in [6.07, 6.45) is 11.4. The van der Waals surface area contributed by atoms with Gasteiger partial charge in [-0.2, -0.15) is 0 Å². The van der Waals surface area contributed by atoms with Crippen molar-refractivity contribution in [3.63, 3.8) is 0 Å². The number of hydrogen-bond acceptors (Lipinski definition) is 3. The van der Waals surface area contributed by atoms with E-state index in [1.165, 1.54) is 36.2 Å². The Hall–Kier alpha value is -2.63. The lowest BCUT2D eigenvalue weighted by atomic mass is 10.0. The summed E-state index contributed by atoms with van der Waals surface area (Å²) in [5.41, 5.74) is 2.84. The monoisotopic (exact) mass is 420 g/mol. The lowest BCUT2D eigenvalue weighted by Gasteiger charge is -2.31. The number of aryl methyl sites for hydroxylation is 2. The van der Waals surface area contributed by atoms with Crippen molar-refractivity contribution in [2.45, 2.75) is 64.8 Å². The van der Waals surface area contributed by atoms with Gasteiger partial charge in [-0.3, -0.25) is 4.99 Å². The molecule has 1 aromatic heterocycles. The van der Waals surface area contributed by atoms with E-state index in [2.05, 4.69) is 68.3 Å². The highest BCUT2D eigenvalue weighted by Crippen LogP contribution is 2.20. The van der Waals surface area contributed by atoms with Gasteiger partial charge in [-0.15, -0.1) is 10.2 Å². The third kappa shape index (κ3) is 5.96. The Morgan fingerprint density at radius 1 is 1.03 bits per heavy atom. The molecule has 31 heavy (non-hydrogen) atoms. The molecule has 0 radical (unpaired) electrons. The van der Waals surface area contributed by atoms with Crippen LogP contribution in [0, 0.1) is 0 Å². The van der Waals surface area contributed by atoms with Crippen LogP contribution in [0.4, 0.5) is 0 Å². The van der Waals surface area contributed by atoms with Crippen molar-refractivity contribution in [3.05, 3.63) is 53.1 Å². The Labute approximate surface area is 186 Å². The molecular weight excluding hydrogens is 384 g/mol. The fourth-order valence-corrected chi connectivity index (χ4v) is 4.51. The van der Waals surface area contributed by atoms with Crippen LogP contribution in [-0.2, 0) is 19.4 Å². The lowest BCUT2D eigenvalue weighted by molar-refractivity contribution is 0.375. The van der Waals surface area contributed by atoms with Gasteiger partial charge in [0.25, 0.3) is 0 Å². The number of piperidine rings is 1. The van der Waals surface area contributed by atoms with Gasteiger partial charge < -0.3 is 14.8 Å². The minimum Gasteiger partial charge on any atom is -0.357 e. The van der Waals surface area contributed by atoms with Crippen molar-refractivity contribution >= 4 is 12.0 Å². The molecule has 1 aromatic carbocycles. The van der Waals surface area contributed by atoms with Crippen LogP contribution < -0.4 is 5.32 Å². The molecule has 0 amide bonds. The molecule has 166 valence electrons. The summed E-state index contributed by atoms with van der Waals surface area (Å²) in [5.74, 6) is 3.38. The van der Waals surface area contributed by atoms with E-state index in [0.717, 1.165) is 76.6 Å². The summed E-state index contributed by atoms with van der Waals surface area (Å²) in [4.78, 5) is 7.34. The molecule has 6 heteroatoms. The molecule has 2 aliphatic rings. The highest BCUT2D eigenvalue weighted by Gasteiger charge is 2.17. The van der Waals surface area contributed by atoms with E-state index in [1.54, 1.807) is 0 Å². The Balaban J connectivity index is 1.29. The van der Waals surface area contributed by atoms with Crippen LogP contribution in [0.2, 0.25) is 0 Å². The van der Waals surface area contributed by atoms with E-state index in [-0.39, 0.29) is 0 Å². The second-order valence-electron chi connectivity index (χ2n) is 8.53. The molecule has 0 unspecified atom stereocenters. The number of rotatable bonds is 6. The molecule has 2 aromatic rings. The maximum Gasteiger partial charge on any atom is 0.193 e. The van der Waals surface area contributed by atoms with Crippen LogP contribution in [0.1, 0.15) is 62.7 Å². The number of aromatic nitrogens is 3. The van der Waals surface area contributed by atoms with Crippen molar-refractivity contribution in [3.8, 4) is 0 Å². The van der Waals surface area contributed by atoms with E-state index in [1.807, 2.05) is 0 Å². The van der Waals surface area contributed by atoms with Crippen LogP contribution in [0.5, 0.6) is 0 Å². The molecule has 1 fully saturated rings. The molecular formula is C25H36N6. The Morgan fingerprint density at radius 3 is 2.68 bits per heavy atom. The largest absolute Gasteiger partial charge is 0.357 e. The summed E-state index contributed by atoms with van der Waals surface area (Å²) < 4.78 is 2.35. The molecule has 3 heterocycles. The lowest BCUT2D eigenvalue weighted by Crippen LogP contribution is -2.44. The zero-order valence-corrected chi connectivity index (χ0v) is 18.9. The van der Waals surface area contributed by atoms with E-state index >= 15 is 0 Å². The zero-order chi connectivity index (χ0) is 21.3. The van der Waals surface area contributed by atoms with Crippen LogP contribution in [0.25, 0.3) is 6.08 Å². The Bertz CT molecular complexity index is 873. The highest BCUT2D eigenvalue weighted by molar-refractivity contribution is 5.80. The molecule has 0 spiro atoms. The zero-order valence-electron chi connectivity index (χ0n) is 18.9. The second kappa shape index (κ2) is 11.1. The maximum atomic E-state index is 4.93. The third-order valence-electron chi connectivity index (χ3n) is 6.22. The maximum absolute atomic E-state index is 4.93. The fraction of sp³-hybridized carbons (Fsp3) is 0.560. The van der Waals surface area contributed by atoms with E-state index in [0.29, 0.717) is 0 Å². The molecule has 0 saturated carbocycles. The van der Waals surface area contributed by atoms with Crippen LogP contribution in [0.3, 0.4) is 0 Å². The minimum absolute atomic E-state index is 0.827. The molecule has 0 aliphatic carbocycles. The number of hydrogen-bond donors (Lipinski definition) is 1. The first-order valence-corrected chi connectivity index (χ1v) is 12.0. The molecule has 0 atom stereocenters. The van der Waals surface area contributed by atoms with E-state index < -0.39 is 0 Å². The minimum atomic E-state index is 0.827. The van der Waals surface area contributed by atoms with Gasteiger partial charge >= 0.3 is 0 Å². The third-order valence-corrected chi connectivity index (χ3v) is 6.22. The molecule has 4 rings (SSSR count). The standard InChI is InChI=1S/C25H36N6/c1-2-26-25(30-18-14-22(15-19-30)20-21-10-5-3-6-11-21)27-16-9-13-24-29-28-23-12-7-4-8-17-31(23)24/h3,5-6,10-11,20H,2,4,7-9,12-19H2,1H3,(H,26,27). The number of guanidine groups is 1. The van der Waals surface area contributed by atoms with Crippen molar-refractivity contribution in [1.29, 1.82) is 0 Å². The van der Waals surface area contributed by atoms with Gasteiger partial charge in [0.1, 0.15) is 11.6 Å². The summed E-state index contributed by atoms with van der Waals surface area (Å²) >= 11 is 0. The van der Waals surface area contributed by atoms with Gasteiger partial charge in [0.15, 0.2) is 5.96 Å². The van der Waals surface area contributed by atoms with Gasteiger partial charge in [-0.05, 0) is 44.6 Å². The summed E-state index contributed by atoms with van der Waals surface area (Å²) in [6, 6.07) is 10.6. The van der Waals surface area contributed by atoms with Crippen molar-refractivity contribution in [1.82, 2.24) is 25.0 Å². The predicted molar refractivity (Wildman–Crippen MR) is 127 cm³/mol. The van der Waals surface area contributed by atoms with E-state index in [4.69, 9.17) is 4.99 Å². The second-order valence-corrected chi connectivity index (χ2v) is 8.53. The predicted octanol–water partition coefficient (Wildman–Crippen LogP) is 4.08. The van der Waals surface area contributed by atoms with Gasteiger partial charge in [0.2, 0.25) is 0 Å². The number of nitrogens with one attached hydrogen (secondary N) is 1. The molecule has 6 nitrogen and oxygen atoms in total. The number of benzene rings is 1. The number of fused-ring (bicyclic) bond motifs is 1. The smallest absolute Gasteiger partial charge is 0.193 e. The fourth-order valence-electron chi connectivity index (χ4n) is 4.51. The first kappa shape index (κ1) is 21.6. The molecule has 0 bridgehead atoms. The molecule has 2 aliphatic heterocycles. The van der Waals surface area contributed by atoms with Gasteiger partial charge in [0.05, 0.1) is 0 Å². The Kier molecular flexibility index (Phi) is 7.75. The number of nitrogens with zero attached hydrogens (tertiary/aromatic N) is 5. The summed E-state index contributed by atoms with van der Waals surface area (Å²) in [7, 11) is 0. The van der Waals surface area contributed by atoms with Crippen molar-refractivity contribution < 1.29 is 0 Å². The van der Waals surface area contributed by atoms with Gasteiger partial charge in [-0.25, -0.2) is 0 Å². The SMILES string of the molecule is CCNC(=NCCCc1nnc2n1CCCCC2)N1CCC(=Cc2ccccc2)CC1. The Morgan fingerprint density at radius 2 is 1.87 bits per heavy atom. The van der Waals surface area contributed by atoms with Crippen molar-refractivity contribution in [2.24, 2.45) is 4.99 Å². The quantitative estimate of drug-likeness (QED) is 0.435. The van der Waals surface area contributed by atoms with E-state index in [9.17, 15) is 0 Å². The van der Waals surface area contributed by atoms with Gasteiger partial charge in [0, 0.05) is 45.6 Å². The van der Waals surface area contributed by atoms with Gasteiger partial charge in [-0.1, -0.05) is 48.4 Å². The average molecular weight is 421 g/mol.